The lowest BCUT2D eigenvalue weighted by molar-refractivity contribution is -0.123. The zero-order chi connectivity index (χ0) is 20.6. The van der Waals surface area contributed by atoms with E-state index in [4.69, 9.17) is 4.98 Å². The van der Waals surface area contributed by atoms with Crippen molar-refractivity contribution in [2.24, 2.45) is 5.41 Å². The molecule has 5 nitrogen and oxygen atoms in total. The fourth-order valence-corrected chi connectivity index (χ4v) is 3.60. The van der Waals surface area contributed by atoms with Crippen molar-refractivity contribution >= 4 is 22.8 Å². The summed E-state index contributed by atoms with van der Waals surface area (Å²) in [4.78, 5) is 17.4. The molecule has 0 saturated carbocycles. The summed E-state index contributed by atoms with van der Waals surface area (Å²) in [6.45, 7) is 7.74. The number of benzene rings is 1. The molecule has 4 rings (SSSR count). The molecular formula is C24H28N4O. The number of aromatic nitrogens is 3. The van der Waals surface area contributed by atoms with Gasteiger partial charge in [0.25, 0.3) is 0 Å². The number of hydrogen-bond acceptors (Lipinski definition) is 3. The van der Waals surface area contributed by atoms with Gasteiger partial charge < -0.3 is 5.32 Å². The molecule has 0 aliphatic heterocycles. The maximum Gasteiger partial charge on any atom is 0.229 e. The van der Waals surface area contributed by atoms with Crippen LogP contribution in [0.15, 0.2) is 42.7 Å². The second-order valence-corrected chi connectivity index (χ2v) is 8.85. The van der Waals surface area contributed by atoms with Gasteiger partial charge in [-0.05, 0) is 55.9 Å². The number of carbonyl (C=O) groups excluding carboxylic acids is 1. The zero-order valence-corrected chi connectivity index (χ0v) is 17.6. The van der Waals surface area contributed by atoms with Crippen molar-refractivity contribution in [2.45, 2.75) is 53.4 Å². The summed E-state index contributed by atoms with van der Waals surface area (Å²) in [5.41, 5.74) is 6.64. The van der Waals surface area contributed by atoms with Crippen molar-refractivity contribution < 1.29 is 4.79 Å². The third-order valence-electron chi connectivity index (χ3n) is 5.46. The van der Waals surface area contributed by atoms with Crippen LogP contribution < -0.4 is 5.32 Å². The summed E-state index contributed by atoms with van der Waals surface area (Å²) in [6, 6.07) is 8.13. The number of hydrogen-bond donors (Lipinski definition) is 1. The van der Waals surface area contributed by atoms with Gasteiger partial charge in [-0.3, -0.25) is 4.79 Å². The van der Waals surface area contributed by atoms with Gasteiger partial charge in [-0.1, -0.05) is 39.0 Å². The van der Waals surface area contributed by atoms with Crippen LogP contribution in [0.5, 0.6) is 0 Å². The minimum atomic E-state index is -0.446. The van der Waals surface area contributed by atoms with Crippen molar-refractivity contribution in [3.63, 3.8) is 0 Å². The van der Waals surface area contributed by atoms with Crippen LogP contribution >= 0.6 is 0 Å². The van der Waals surface area contributed by atoms with Crippen molar-refractivity contribution in [1.82, 2.24) is 14.6 Å². The van der Waals surface area contributed by atoms with Gasteiger partial charge in [-0.15, -0.1) is 0 Å². The van der Waals surface area contributed by atoms with E-state index in [2.05, 4.69) is 22.6 Å². The molecule has 1 amide bonds. The van der Waals surface area contributed by atoms with E-state index < -0.39 is 5.41 Å². The van der Waals surface area contributed by atoms with E-state index in [-0.39, 0.29) is 5.91 Å². The number of nitrogens with one attached hydrogen (secondary N) is 1. The van der Waals surface area contributed by atoms with E-state index in [1.165, 1.54) is 24.0 Å². The first kappa shape index (κ1) is 19.4. The second kappa shape index (κ2) is 7.47. The Labute approximate surface area is 171 Å². The summed E-state index contributed by atoms with van der Waals surface area (Å²) in [5, 5.41) is 7.52. The molecule has 0 spiro atoms. The van der Waals surface area contributed by atoms with Crippen LogP contribution in [0, 0.1) is 12.3 Å². The quantitative estimate of drug-likeness (QED) is 0.631. The SMILES string of the molecule is Cc1ccc(-c2cn3nccc(C4=CCCCC4)c3n2)cc1NC(=O)C(C)(C)C. The maximum absolute atomic E-state index is 12.4. The Balaban J connectivity index is 1.73. The number of fused-ring (bicyclic) bond motifs is 1. The Kier molecular flexibility index (Phi) is 4.99. The van der Waals surface area contributed by atoms with Gasteiger partial charge in [0.2, 0.25) is 5.91 Å². The Bertz CT molecular complexity index is 1100. The minimum Gasteiger partial charge on any atom is -0.325 e. The Hall–Kier alpha value is -2.95. The number of nitrogens with zero attached hydrogens (tertiary/aromatic N) is 3. The first-order valence-electron chi connectivity index (χ1n) is 10.3. The molecule has 0 unspecified atom stereocenters. The molecule has 1 aliphatic rings. The fourth-order valence-electron chi connectivity index (χ4n) is 3.60. The fraction of sp³-hybridized carbons (Fsp3) is 0.375. The molecule has 0 saturated heterocycles. The molecule has 2 aromatic heterocycles. The lowest BCUT2D eigenvalue weighted by Gasteiger charge is -2.19. The van der Waals surface area contributed by atoms with E-state index in [1.807, 2.05) is 62.8 Å². The maximum atomic E-state index is 12.4. The summed E-state index contributed by atoms with van der Waals surface area (Å²) in [7, 11) is 0. The highest BCUT2D eigenvalue weighted by molar-refractivity contribution is 5.95. The molecule has 1 aromatic carbocycles. The van der Waals surface area contributed by atoms with E-state index >= 15 is 0 Å². The van der Waals surface area contributed by atoms with Crippen molar-refractivity contribution in [2.75, 3.05) is 5.32 Å². The molecule has 0 radical (unpaired) electrons. The van der Waals surface area contributed by atoms with Crippen LogP contribution in [0.1, 0.15) is 57.6 Å². The van der Waals surface area contributed by atoms with Crippen molar-refractivity contribution in [1.29, 1.82) is 0 Å². The van der Waals surface area contributed by atoms with Crippen molar-refractivity contribution in [3.8, 4) is 11.3 Å². The summed E-state index contributed by atoms with van der Waals surface area (Å²) in [5.74, 6) is 0.000870. The predicted octanol–water partition coefficient (Wildman–Crippen LogP) is 5.65. The number of rotatable bonds is 3. The lowest BCUT2D eigenvalue weighted by Crippen LogP contribution is -2.27. The third kappa shape index (κ3) is 3.95. The molecule has 2 heterocycles. The van der Waals surface area contributed by atoms with Gasteiger partial charge in [0.15, 0.2) is 5.65 Å². The number of anilines is 1. The largest absolute Gasteiger partial charge is 0.325 e. The van der Waals surface area contributed by atoms with E-state index in [9.17, 15) is 4.79 Å². The second-order valence-electron chi connectivity index (χ2n) is 8.85. The first-order valence-corrected chi connectivity index (χ1v) is 10.3. The molecule has 29 heavy (non-hydrogen) atoms. The molecule has 0 atom stereocenters. The van der Waals surface area contributed by atoms with Gasteiger partial charge in [0.1, 0.15) is 0 Å². The topological polar surface area (TPSA) is 59.3 Å². The Morgan fingerprint density at radius 2 is 2.00 bits per heavy atom. The van der Waals surface area contributed by atoms with Gasteiger partial charge in [-0.25, -0.2) is 9.50 Å². The van der Waals surface area contributed by atoms with E-state index in [0.717, 1.165) is 41.0 Å². The monoisotopic (exact) mass is 388 g/mol. The Morgan fingerprint density at radius 3 is 2.72 bits per heavy atom. The lowest BCUT2D eigenvalue weighted by atomic mass is 9.95. The van der Waals surface area contributed by atoms with Crippen LogP contribution in [0.3, 0.4) is 0 Å². The number of carbonyl (C=O) groups is 1. The van der Waals surface area contributed by atoms with Crippen LogP contribution in [-0.2, 0) is 4.79 Å². The van der Waals surface area contributed by atoms with Crippen molar-refractivity contribution in [3.05, 3.63) is 53.9 Å². The summed E-state index contributed by atoms with van der Waals surface area (Å²) >= 11 is 0. The number of amides is 1. The standard InChI is InChI=1S/C24H28N4O/c1-16-10-11-18(14-20(16)27-23(29)24(2,3)4)21-15-28-22(26-21)19(12-13-25-28)17-8-6-5-7-9-17/h8,10-15H,5-7,9H2,1-4H3,(H,27,29). The molecule has 0 bridgehead atoms. The zero-order valence-electron chi connectivity index (χ0n) is 17.6. The van der Waals surface area contributed by atoms with Gasteiger partial charge in [-0.2, -0.15) is 5.10 Å². The minimum absolute atomic E-state index is 0.000870. The van der Waals surface area contributed by atoms with Gasteiger partial charge >= 0.3 is 0 Å². The van der Waals surface area contributed by atoms with Gasteiger partial charge in [0.05, 0.1) is 11.9 Å². The molecular weight excluding hydrogens is 360 g/mol. The highest BCUT2D eigenvalue weighted by Crippen LogP contribution is 2.31. The number of imidazole rings is 1. The summed E-state index contributed by atoms with van der Waals surface area (Å²) < 4.78 is 1.85. The van der Waals surface area contributed by atoms with Crippen LogP contribution in [-0.4, -0.2) is 20.5 Å². The van der Waals surface area contributed by atoms with E-state index in [1.54, 1.807) is 0 Å². The first-order chi connectivity index (χ1) is 13.8. The molecule has 150 valence electrons. The van der Waals surface area contributed by atoms with E-state index in [0.29, 0.717) is 0 Å². The molecule has 1 aliphatic carbocycles. The highest BCUT2D eigenvalue weighted by Gasteiger charge is 2.22. The highest BCUT2D eigenvalue weighted by atomic mass is 16.2. The molecule has 3 aromatic rings. The van der Waals surface area contributed by atoms with Crippen LogP contribution in [0.4, 0.5) is 5.69 Å². The molecule has 1 N–H and O–H groups in total. The van der Waals surface area contributed by atoms with Gasteiger partial charge in [0, 0.05) is 28.4 Å². The predicted molar refractivity (Wildman–Crippen MR) is 118 cm³/mol. The summed E-state index contributed by atoms with van der Waals surface area (Å²) in [6.07, 6.45) is 10.8. The number of allylic oxidation sites excluding steroid dienone is 2. The Morgan fingerprint density at radius 1 is 1.17 bits per heavy atom. The average molecular weight is 389 g/mol. The van der Waals surface area contributed by atoms with Crippen LogP contribution in [0.2, 0.25) is 0 Å². The average Bonchev–Trinajstić information content (AvgIpc) is 3.14. The normalized spacial score (nSPS) is 14.7. The van der Waals surface area contributed by atoms with Crippen LogP contribution in [0.25, 0.3) is 22.5 Å². The smallest absolute Gasteiger partial charge is 0.229 e. The number of aryl methyl sites for hydroxylation is 1. The molecule has 0 fully saturated rings. The molecule has 5 heteroatoms. The third-order valence-corrected chi connectivity index (χ3v) is 5.46.